The summed E-state index contributed by atoms with van der Waals surface area (Å²) in [5.74, 6) is -0.359. The molecule has 0 amide bonds. The van der Waals surface area contributed by atoms with Crippen molar-refractivity contribution in [3.8, 4) is 0 Å². The normalized spacial score (nSPS) is 14.5. The summed E-state index contributed by atoms with van der Waals surface area (Å²) >= 11 is 0. The molecule has 0 rings (SSSR count). The number of hydrogen-bond acceptors (Lipinski definition) is 7. The van der Waals surface area contributed by atoms with E-state index in [-0.39, 0.29) is 32.2 Å². The van der Waals surface area contributed by atoms with Crippen LogP contribution in [0.3, 0.4) is 0 Å². The molecular formula is C53H92NO7P. The number of hydrogen-bond donors (Lipinski definition) is 0. The summed E-state index contributed by atoms with van der Waals surface area (Å²) in [4.78, 5) is 25.1. The summed E-state index contributed by atoms with van der Waals surface area (Å²) in [6.45, 7) is 5.19. The minimum Gasteiger partial charge on any atom is -0.756 e. The first-order valence-corrected chi connectivity index (χ1v) is 25.9. The number of phosphoric ester groups is 1. The maximum absolute atomic E-state index is 12.7. The second kappa shape index (κ2) is 45.0. The fourth-order valence-corrected chi connectivity index (χ4v) is 6.84. The van der Waals surface area contributed by atoms with Crippen molar-refractivity contribution in [3.05, 3.63) is 97.2 Å². The van der Waals surface area contributed by atoms with Gasteiger partial charge in [0.05, 0.1) is 34.4 Å². The third kappa shape index (κ3) is 48.5. The van der Waals surface area contributed by atoms with Gasteiger partial charge in [-0.25, -0.2) is 0 Å². The Morgan fingerprint density at radius 2 is 0.935 bits per heavy atom. The van der Waals surface area contributed by atoms with Gasteiger partial charge in [-0.1, -0.05) is 169 Å². The van der Waals surface area contributed by atoms with E-state index in [0.29, 0.717) is 17.6 Å². The molecule has 0 aliphatic carbocycles. The van der Waals surface area contributed by atoms with Crippen LogP contribution in [0.25, 0.3) is 0 Å². The first kappa shape index (κ1) is 59.4. The predicted octanol–water partition coefficient (Wildman–Crippen LogP) is 14.4. The SMILES string of the molecule is CC/C=C\C/C=C\C/C=C\C/C=C\C/C=C\C/C=C\CCCCCCCOCC(COP(=O)([O-])OCC[N+](C)(C)C)OC(=O)CCCCCCC/C=C\C/C=C\CCCCCC. The zero-order valence-corrected chi connectivity index (χ0v) is 41.2. The number of ether oxygens (including phenoxy) is 2. The second-order valence-corrected chi connectivity index (χ2v) is 18.5. The van der Waals surface area contributed by atoms with Gasteiger partial charge in [-0.2, -0.15) is 0 Å². The van der Waals surface area contributed by atoms with E-state index in [4.69, 9.17) is 18.5 Å². The van der Waals surface area contributed by atoms with E-state index < -0.39 is 13.9 Å². The van der Waals surface area contributed by atoms with Crippen LogP contribution in [0.5, 0.6) is 0 Å². The third-order valence-corrected chi connectivity index (χ3v) is 10.8. The van der Waals surface area contributed by atoms with E-state index in [9.17, 15) is 14.3 Å². The summed E-state index contributed by atoms with van der Waals surface area (Å²) < 4.78 is 34.6. The van der Waals surface area contributed by atoms with Crippen LogP contribution < -0.4 is 4.89 Å². The number of carbonyl (C=O) groups excluding carboxylic acids is 1. The zero-order valence-electron chi connectivity index (χ0n) is 40.3. The van der Waals surface area contributed by atoms with Crippen molar-refractivity contribution in [3.63, 3.8) is 0 Å². The first-order valence-electron chi connectivity index (χ1n) is 24.5. The molecule has 0 fully saturated rings. The van der Waals surface area contributed by atoms with Gasteiger partial charge in [0, 0.05) is 13.0 Å². The van der Waals surface area contributed by atoms with Crippen LogP contribution in [0.1, 0.15) is 174 Å². The van der Waals surface area contributed by atoms with Gasteiger partial charge in [-0.05, 0) is 96.3 Å². The lowest BCUT2D eigenvalue weighted by molar-refractivity contribution is -0.870. The Labute approximate surface area is 381 Å². The van der Waals surface area contributed by atoms with Gasteiger partial charge in [0.25, 0.3) is 7.82 Å². The van der Waals surface area contributed by atoms with Crippen molar-refractivity contribution < 1.29 is 37.3 Å². The van der Waals surface area contributed by atoms with Gasteiger partial charge in [-0.15, -0.1) is 0 Å². The lowest BCUT2D eigenvalue weighted by Crippen LogP contribution is -2.37. The van der Waals surface area contributed by atoms with Crippen LogP contribution >= 0.6 is 7.82 Å². The van der Waals surface area contributed by atoms with Crippen LogP contribution in [0.4, 0.5) is 0 Å². The molecular weight excluding hydrogens is 794 g/mol. The summed E-state index contributed by atoms with van der Waals surface area (Å²) in [6, 6.07) is 0. The number of likely N-dealkylation sites (N-methyl/N-ethyl adjacent to an activating group) is 1. The number of unbranched alkanes of at least 4 members (excludes halogenated alkanes) is 14. The standard InChI is InChI=1S/C53H92NO7P/c1-6-8-10-12-14-16-18-20-22-24-25-26-27-28-29-30-31-33-35-37-39-41-43-45-48-58-50-52(51-60-62(56,57)59-49-47-54(3,4)5)61-53(55)46-44-42-40-38-36-34-32-23-21-19-17-15-13-11-9-7-2/h8,10,14,16-17,19-20,22-23,25-26,28-29,31-33,52H,6-7,9,11-13,15,18,21,24,27,30,34-51H2,1-5H3/b10-8-,16-14-,19-17-,22-20-,26-25-,29-28-,32-23-,33-31-. The van der Waals surface area contributed by atoms with Gasteiger partial charge in [0.2, 0.25) is 0 Å². The Morgan fingerprint density at radius 1 is 0.516 bits per heavy atom. The molecule has 0 saturated heterocycles. The van der Waals surface area contributed by atoms with Crippen molar-refractivity contribution in [1.29, 1.82) is 0 Å². The summed E-state index contributed by atoms with van der Waals surface area (Å²) in [5, 5.41) is 0. The van der Waals surface area contributed by atoms with E-state index >= 15 is 0 Å². The van der Waals surface area contributed by atoms with Gasteiger partial charge in [0.1, 0.15) is 19.3 Å². The van der Waals surface area contributed by atoms with E-state index in [1.807, 2.05) is 21.1 Å². The van der Waals surface area contributed by atoms with Gasteiger partial charge >= 0.3 is 5.97 Å². The van der Waals surface area contributed by atoms with Crippen LogP contribution in [0, 0.1) is 0 Å². The molecule has 0 aliphatic heterocycles. The molecule has 0 radical (unpaired) electrons. The largest absolute Gasteiger partial charge is 0.756 e. The van der Waals surface area contributed by atoms with Gasteiger partial charge in [0.15, 0.2) is 0 Å². The molecule has 0 aliphatic rings. The Kier molecular flexibility index (Phi) is 43.1. The molecule has 0 spiro atoms. The molecule has 0 aromatic rings. The third-order valence-electron chi connectivity index (χ3n) is 9.87. The number of phosphoric acid groups is 1. The van der Waals surface area contributed by atoms with E-state index in [2.05, 4.69) is 111 Å². The van der Waals surface area contributed by atoms with E-state index in [1.165, 1.54) is 44.9 Å². The molecule has 0 aromatic carbocycles. The van der Waals surface area contributed by atoms with E-state index in [1.54, 1.807) is 0 Å². The van der Waals surface area contributed by atoms with Crippen LogP contribution in [-0.2, 0) is 27.9 Å². The molecule has 0 saturated carbocycles. The van der Waals surface area contributed by atoms with E-state index in [0.717, 1.165) is 109 Å². The molecule has 2 atom stereocenters. The summed E-state index contributed by atoms with van der Waals surface area (Å²) in [5.41, 5.74) is 0. The number of rotatable bonds is 44. The van der Waals surface area contributed by atoms with Crippen molar-refractivity contribution >= 4 is 13.8 Å². The highest BCUT2D eigenvalue weighted by atomic mass is 31.2. The molecule has 62 heavy (non-hydrogen) atoms. The van der Waals surface area contributed by atoms with Gasteiger partial charge < -0.3 is 27.9 Å². The van der Waals surface area contributed by atoms with Gasteiger partial charge in [-0.3, -0.25) is 9.36 Å². The Bertz CT molecular complexity index is 1310. The maximum Gasteiger partial charge on any atom is 0.306 e. The second-order valence-electron chi connectivity index (χ2n) is 17.1. The minimum atomic E-state index is -4.55. The topological polar surface area (TPSA) is 94.1 Å². The number of esters is 1. The molecule has 0 aromatic heterocycles. The Morgan fingerprint density at radius 3 is 1.40 bits per heavy atom. The first-order chi connectivity index (χ1) is 30.1. The van der Waals surface area contributed by atoms with Crippen molar-refractivity contribution in [2.45, 2.75) is 180 Å². The minimum absolute atomic E-state index is 0.0134. The molecule has 0 heterocycles. The highest BCUT2D eigenvalue weighted by Gasteiger charge is 2.20. The smallest absolute Gasteiger partial charge is 0.306 e. The molecule has 2 unspecified atom stereocenters. The quantitative estimate of drug-likeness (QED) is 0.0198. The molecule has 0 N–H and O–H groups in total. The average molecular weight is 886 g/mol. The lowest BCUT2D eigenvalue weighted by Gasteiger charge is -2.28. The van der Waals surface area contributed by atoms with Crippen LogP contribution in [-0.4, -0.2) is 70.7 Å². The predicted molar refractivity (Wildman–Crippen MR) is 263 cm³/mol. The monoisotopic (exact) mass is 886 g/mol. The Hall–Kier alpha value is -2.58. The fourth-order valence-electron chi connectivity index (χ4n) is 6.11. The molecule has 0 bridgehead atoms. The van der Waals surface area contributed by atoms with Crippen molar-refractivity contribution in [1.82, 2.24) is 0 Å². The van der Waals surface area contributed by atoms with Crippen LogP contribution in [0.15, 0.2) is 97.2 Å². The summed E-state index contributed by atoms with van der Waals surface area (Å²) in [7, 11) is 1.32. The van der Waals surface area contributed by atoms with Crippen molar-refractivity contribution in [2.24, 2.45) is 0 Å². The number of nitrogens with zero attached hydrogens (tertiary/aromatic N) is 1. The van der Waals surface area contributed by atoms with Crippen molar-refractivity contribution in [2.75, 3.05) is 54.1 Å². The molecule has 8 nitrogen and oxygen atoms in total. The summed E-state index contributed by atoms with van der Waals surface area (Å²) in [6.07, 6.45) is 61.4. The highest BCUT2D eigenvalue weighted by molar-refractivity contribution is 7.45. The zero-order chi connectivity index (χ0) is 45.5. The van der Waals surface area contributed by atoms with Crippen LogP contribution in [0.2, 0.25) is 0 Å². The lowest BCUT2D eigenvalue weighted by atomic mass is 10.1. The average Bonchev–Trinajstić information content (AvgIpc) is 3.23. The number of allylic oxidation sites excluding steroid dienone is 16. The highest BCUT2D eigenvalue weighted by Crippen LogP contribution is 2.38. The molecule has 356 valence electrons. The Balaban J connectivity index is 4.26. The maximum atomic E-state index is 12.7. The number of quaternary nitrogens is 1. The fraction of sp³-hybridized carbons (Fsp3) is 0.679. The molecule has 9 heteroatoms. The number of carbonyl (C=O) groups is 1.